The van der Waals surface area contributed by atoms with E-state index in [4.69, 9.17) is 4.74 Å². The van der Waals surface area contributed by atoms with Crippen LogP contribution in [0.25, 0.3) is 11.1 Å². The molecular weight excluding hydrogens is 283 g/mol. The van der Waals surface area contributed by atoms with Gasteiger partial charge in [-0.3, -0.25) is 9.78 Å². The first-order chi connectivity index (χ1) is 9.94. The van der Waals surface area contributed by atoms with Crippen LogP contribution in [0.1, 0.15) is 23.0 Å². The number of halogens is 3. The third kappa shape index (κ3) is 3.59. The van der Waals surface area contributed by atoms with Crippen LogP contribution in [0.5, 0.6) is 5.75 Å². The molecule has 0 N–H and O–H groups in total. The second-order valence-corrected chi connectivity index (χ2v) is 4.27. The van der Waals surface area contributed by atoms with Crippen molar-refractivity contribution in [2.45, 2.75) is 13.1 Å². The lowest BCUT2D eigenvalue weighted by Gasteiger charge is -2.09. The van der Waals surface area contributed by atoms with E-state index in [1.165, 1.54) is 6.07 Å². The number of pyridine rings is 1. The van der Waals surface area contributed by atoms with Crippen LogP contribution in [0.3, 0.4) is 0 Å². The van der Waals surface area contributed by atoms with Gasteiger partial charge in [0.2, 0.25) is 0 Å². The zero-order valence-electron chi connectivity index (χ0n) is 11.1. The van der Waals surface area contributed by atoms with Crippen molar-refractivity contribution in [2.75, 3.05) is 6.61 Å². The minimum atomic E-state index is -4.47. The van der Waals surface area contributed by atoms with E-state index >= 15 is 0 Å². The maximum absolute atomic E-state index is 12.5. The molecule has 0 bridgehead atoms. The van der Waals surface area contributed by atoms with Gasteiger partial charge in [0, 0.05) is 17.3 Å². The van der Waals surface area contributed by atoms with Crippen molar-refractivity contribution >= 4 is 6.29 Å². The number of carbonyl (C=O) groups excluding carboxylic acids is 1. The van der Waals surface area contributed by atoms with E-state index in [1.54, 1.807) is 25.1 Å². The molecule has 0 aliphatic rings. The molecule has 0 fully saturated rings. The van der Waals surface area contributed by atoms with Gasteiger partial charge in [-0.05, 0) is 36.8 Å². The van der Waals surface area contributed by atoms with Gasteiger partial charge < -0.3 is 4.74 Å². The minimum Gasteiger partial charge on any atom is -0.494 e. The Kier molecular flexibility index (Phi) is 4.26. The number of hydrogen-bond acceptors (Lipinski definition) is 3. The predicted octanol–water partition coefficient (Wildman–Crippen LogP) is 3.98. The van der Waals surface area contributed by atoms with Gasteiger partial charge in [0.25, 0.3) is 0 Å². The second-order valence-electron chi connectivity index (χ2n) is 4.27. The number of rotatable bonds is 4. The number of alkyl halides is 3. The fourth-order valence-corrected chi connectivity index (χ4v) is 1.84. The highest BCUT2D eigenvalue weighted by Crippen LogP contribution is 2.30. The van der Waals surface area contributed by atoms with Gasteiger partial charge in [0.15, 0.2) is 0 Å². The van der Waals surface area contributed by atoms with Crippen molar-refractivity contribution in [3.05, 3.63) is 47.8 Å². The first kappa shape index (κ1) is 15.0. The number of hydrogen-bond donors (Lipinski definition) is 0. The second kappa shape index (κ2) is 5.95. The van der Waals surface area contributed by atoms with E-state index in [2.05, 4.69) is 4.98 Å². The highest BCUT2D eigenvalue weighted by molar-refractivity contribution is 5.80. The molecule has 0 saturated heterocycles. The van der Waals surface area contributed by atoms with Gasteiger partial charge in [-0.25, -0.2) is 0 Å². The number of aldehydes is 1. The maximum Gasteiger partial charge on any atom is 0.433 e. The van der Waals surface area contributed by atoms with Crippen LogP contribution in [0.15, 0.2) is 36.5 Å². The topological polar surface area (TPSA) is 39.2 Å². The summed E-state index contributed by atoms with van der Waals surface area (Å²) in [7, 11) is 0. The molecule has 2 rings (SSSR count). The van der Waals surface area contributed by atoms with Crippen LogP contribution in [0.4, 0.5) is 13.2 Å². The summed E-state index contributed by atoms with van der Waals surface area (Å²) in [5.41, 5.74) is 0.482. The summed E-state index contributed by atoms with van der Waals surface area (Å²) in [6.45, 7) is 2.22. The molecule has 0 saturated carbocycles. The zero-order chi connectivity index (χ0) is 15.5. The maximum atomic E-state index is 12.5. The summed E-state index contributed by atoms with van der Waals surface area (Å²) in [5.74, 6) is 0.483. The summed E-state index contributed by atoms with van der Waals surface area (Å²) < 4.78 is 42.8. The predicted molar refractivity (Wildman–Crippen MR) is 71.2 cm³/mol. The SMILES string of the molecule is CCOc1cc(C=O)cc(-c2ccc(C(F)(F)F)nc2)c1. The minimum absolute atomic E-state index is 0.385. The van der Waals surface area contributed by atoms with Crippen molar-refractivity contribution in [2.24, 2.45) is 0 Å². The van der Waals surface area contributed by atoms with Crippen molar-refractivity contribution < 1.29 is 22.7 Å². The molecule has 0 aliphatic heterocycles. The molecule has 1 heterocycles. The third-order valence-electron chi connectivity index (χ3n) is 2.76. The van der Waals surface area contributed by atoms with Crippen LogP contribution in [0, 0.1) is 0 Å². The van der Waals surface area contributed by atoms with Crippen molar-refractivity contribution in [3.63, 3.8) is 0 Å². The summed E-state index contributed by atoms with van der Waals surface area (Å²) >= 11 is 0. The summed E-state index contributed by atoms with van der Waals surface area (Å²) in [5, 5.41) is 0. The van der Waals surface area contributed by atoms with Crippen LogP contribution in [0.2, 0.25) is 0 Å². The van der Waals surface area contributed by atoms with Gasteiger partial charge in [0.1, 0.15) is 17.7 Å². The molecule has 0 unspecified atom stereocenters. The molecular formula is C15H12F3NO2. The monoisotopic (exact) mass is 295 g/mol. The van der Waals surface area contributed by atoms with E-state index in [1.807, 2.05) is 0 Å². The molecule has 0 spiro atoms. The summed E-state index contributed by atoms with van der Waals surface area (Å²) in [6, 6.07) is 7.01. The molecule has 21 heavy (non-hydrogen) atoms. The zero-order valence-corrected chi connectivity index (χ0v) is 11.1. The number of benzene rings is 1. The molecule has 0 atom stereocenters. The molecule has 110 valence electrons. The Labute approximate surface area is 119 Å². The molecule has 3 nitrogen and oxygen atoms in total. The van der Waals surface area contributed by atoms with Gasteiger partial charge in [-0.15, -0.1) is 0 Å². The number of nitrogens with zero attached hydrogens (tertiary/aromatic N) is 1. The lowest BCUT2D eigenvalue weighted by Crippen LogP contribution is -2.07. The molecule has 0 amide bonds. The highest BCUT2D eigenvalue weighted by atomic mass is 19.4. The van der Waals surface area contributed by atoms with E-state index in [0.29, 0.717) is 35.3 Å². The Bertz CT molecular complexity index is 636. The van der Waals surface area contributed by atoms with Crippen molar-refractivity contribution in [1.29, 1.82) is 0 Å². The Hall–Kier alpha value is -2.37. The largest absolute Gasteiger partial charge is 0.494 e. The first-order valence-corrected chi connectivity index (χ1v) is 6.20. The molecule has 1 aromatic carbocycles. The third-order valence-corrected chi connectivity index (χ3v) is 2.76. The van der Waals surface area contributed by atoms with Gasteiger partial charge in [-0.2, -0.15) is 13.2 Å². The normalized spacial score (nSPS) is 11.2. The molecule has 6 heteroatoms. The van der Waals surface area contributed by atoms with E-state index in [9.17, 15) is 18.0 Å². The number of carbonyl (C=O) groups is 1. The highest BCUT2D eigenvalue weighted by Gasteiger charge is 2.32. The average Bonchev–Trinajstić information content (AvgIpc) is 2.46. The van der Waals surface area contributed by atoms with Crippen molar-refractivity contribution in [1.82, 2.24) is 4.98 Å². The van der Waals surface area contributed by atoms with Gasteiger partial charge >= 0.3 is 6.18 Å². The lowest BCUT2D eigenvalue weighted by molar-refractivity contribution is -0.141. The van der Waals surface area contributed by atoms with Crippen molar-refractivity contribution in [3.8, 4) is 16.9 Å². The van der Waals surface area contributed by atoms with E-state index in [-0.39, 0.29) is 0 Å². The smallest absolute Gasteiger partial charge is 0.433 e. The molecule has 1 aromatic heterocycles. The fraction of sp³-hybridized carbons (Fsp3) is 0.200. The van der Waals surface area contributed by atoms with Crippen LogP contribution >= 0.6 is 0 Å². The number of ether oxygens (including phenoxy) is 1. The Balaban J connectivity index is 2.41. The number of aromatic nitrogens is 1. The van der Waals surface area contributed by atoms with Gasteiger partial charge in [-0.1, -0.05) is 6.07 Å². The van der Waals surface area contributed by atoms with Crippen LogP contribution in [-0.4, -0.2) is 17.9 Å². The summed E-state index contributed by atoms with van der Waals surface area (Å²) in [6.07, 6.45) is -2.69. The van der Waals surface area contributed by atoms with E-state index in [0.717, 1.165) is 12.3 Å². The van der Waals surface area contributed by atoms with Crippen LogP contribution < -0.4 is 4.74 Å². The Morgan fingerprint density at radius 2 is 1.95 bits per heavy atom. The Morgan fingerprint density at radius 3 is 2.48 bits per heavy atom. The average molecular weight is 295 g/mol. The first-order valence-electron chi connectivity index (χ1n) is 6.20. The molecule has 2 aromatic rings. The molecule has 0 radical (unpaired) electrons. The summed E-state index contributed by atoms with van der Waals surface area (Å²) in [4.78, 5) is 14.3. The van der Waals surface area contributed by atoms with Crippen LogP contribution in [-0.2, 0) is 6.18 Å². The lowest BCUT2D eigenvalue weighted by atomic mass is 10.0. The quantitative estimate of drug-likeness (QED) is 0.801. The fourth-order valence-electron chi connectivity index (χ4n) is 1.84. The Morgan fingerprint density at radius 1 is 1.19 bits per heavy atom. The van der Waals surface area contributed by atoms with Gasteiger partial charge in [0.05, 0.1) is 6.61 Å². The standard InChI is InChI=1S/C15H12F3NO2/c1-2-21-13-6-10(9-20)5-12(7-13)11-3-4-14(19-8-11)15(16,17)18/h3-9H,2H2,1H3. The van der Waals surface area contributed by atoms with E-state index < -0.39 is 11.9 Å². The molecule has 0 aliphatic carbocycles.